The quantitative estimate of drug-likeness (QED) is 0.247. The van der Waals surface area contributed by atoms with Gasteiger partial charge in [0.05, 0.1) is 10.4 Å². The lowest BCUT2D eigenvalue weighted by Gasteiger charge is -2.59. The number of fused-ring (bicyclic) bond motifs is 2. The second-order valence-electron chi connectivity index (χ2n) is 14.0. The largest absolute Gasteiger partial charge is 0.255 e. The molecule has 0 radical (unpaired) electrons. The monoisotopic (exact) mass is 515 g/mol. The summed E-state index contributed by atoms with van der Waals surface area (Å²) in [4.78, 5) is 5.03. The third kappa shape index (κ3) is 3.98. The minimum atomic E-state index is -2.11. The van der Waals surface area contributed by atoms with Crippen molar-refractivity contribution >= 4 is 44.8 Å². The van der Waals surface area contributed by atoms with Crippen LogP contribution >= 0.6 is 11.3 Å². The molecular weight excluding hydrogens is 471 g/mol. The van der Waals surface area contributed by atoms with E-state index < -0.39 is 8.07 Å². The zero-order chi connectivity index (χ0) is 26.8. The van der Waals surface area contributed by atoms with Gasteiger partial charge < -0.3 is 0 Å². The van der Waals surface area contributed by atoms with E-state index in [-0.39, 0.29) is 15.1 Å². The van der Waals surface area contributed by atoms with Gasteiger partial charge in [-0.3, -0.25) is 4.98 Å². The van der Waals surface area contributed by atoms with Crippen LogP contribution in [0.1, 0.15) is 93.2 Å². The maximum absolute atomic E-state index is 5.03. The lowest BCUT2D eigenvalue weighted by Crippen LogP contribution is -2.66. The van der Waals surface area contributed by atoms with Gasteiger partial charge in [0.25, 0.3) is 0 Å². The first-order chi connectivity index (χ1) is 16.5. The van der Waals surface area contributed by atoms with Gasteiger partial charge in [-0.15, -0.1) is 11.3 Å². The summed E-state index contributed by atoms with van der Waals surface area (Å²) in [5, 5.41) is 4.65. The number of thiophene rings is 1. The average molecular weight is 516 g/mol. The van der Waals surface area contributed by atoms with E-state index in [1.165, 1.54) is 37.5 Å². The van der Waals surface area contributed by atoms with Gasteiger partial charge in [-0.05, 0) is 77.9 Å². The van der Waals surface area contributed by atoms with Crippen molar-refractivity contribution in [1.82, 2.24) is 4.98 Å². The van der Waals surface area contributed by atoms with E-state index in [0.717, 1.165) is 5.69 Å². The molecule has 36 heavy (non-hydrogen) atoms. The van der Waals surface area contributed by atoms with Crippen molar-refractivity contribution in [2.45, 2.75) is 104 Å². The molecule has 192 valence electrons. The Hall–Kier alpha value is -1.97. The number of hydrogen-bond acceptors (Lipinski definition) is 2. The minimum Gasteiger partial charge on any atom is -0.255 e. The molecule has 0 bridgehead atoms. The first-order valence-electron chi connectivity index (χ1n) is 13.4. The third-order valence-electron chi connectivity index (χ3n) is 8.36. The normalized spacial score (nSPS) is 13.8. The molecule has 0 N–H and O–H groups in total. The summed E-state index contributed by atoms with van der Waals surface area (Å²) in [6.45, 7) is 29.4. The lowest BCUT2D eigenvalue weighted by atomic mass is 9.92. The number of rotatable bonds is 3. The van der Waals surface area contributed by atoms with Crippen molar-refractivity contribution in [2.24, 2.45) is 0 Å². The standard InChI is InChI=1S/C33H45NSSi/c1-21(2)27-20-24(19-23-15-13-14-16-26(23)27)28-29-25(17-18-34-28)22(3)30(35-29)36(31(4,5)6,32(7,8)9)33(10,11)12/h13-21H,1-12H3. The maximum atomic E-state index is 5.03. The van der Waals surface area contributed by atoms with Crippen molar-refractivity contribution in [2.75, 3.05) is 0 Å². The zero-order valence-electron chi connectivity index (χ0n) is 24.6. The SMILES string of the molecule is Cc1c([Si](C(C)(C)C)(C(C)(C)C)C(C)(C)C)sc2c(-c3cc(C(C)C)c4ccccc4c3)nccc12. The van der Waals surface area contributed by atoms with Crippen LogP contribution in [0.15, 0.2) is 48.7 Å². The van der Waals surface area contributed by atoms with Gasteiger partial charge in [-0.1, -0.05) is 100 Å². The van der Waals surface area contributed by atoms with E-state index >= 15 is 0 Å². The molecule has 0 atom stereocenters. The van der Waals surface area contributed by atoms with Gasteiger partial charge in [-0.2, -0.15) is 0 Å². The smallest absolute Gasteiger partial charge is 0.116 e. The fourth-order valence-corrected chi connectivity index (χ4v) is 22.3. The van der Waals surface area contributed by atoms with Crippen LogP contribution in [0.3, 0.4) is 0 Å². The van der Waals surface area contributed by atoms with Crippen LogP contribution in [0.25, 0.3) is 32.1 Å². The Bertz CT molecular complexity index is 1380. The molecule has 0 spiro atoms. The summed E-state index contributed by atoms with van der Waals surface area (Å²) in [5.41, 5.74) is 5.26. The highest BCUT2D eigenvalue weighted by Crippen LogP contribution is 2.62. The minimum absolute atomic E-state index is 0.205. The first kappa shape index (κ1) is 27.1. The predicted molar refractivity (Wildman–Crippen MR) is 166 cm³/mol. The van der Waals surface area contributed by atoms with Crippen molar-refractivity contribution in [3.05, 3.63) is 59.8 Å². The summed E-state index contributed by atoms with van der Waals surface area (Å²) in [5.74, 6) is 0.456. The molecular formula is C33H45NSSi. The van der Waals surface area contributed by atoms with Crippen molar-refractivity contribution in [1.29, 1.82) is 0 Å². The predicted octanol–water partition coefficient (Wildman–Crippen LogP) is 10.6. The summed E-state index contributed by atoms with van der Waals surface area (Å²) < 4.78 is 3.01. The molecule has 0 aliphatic heterocycles. The highest BCUT2D eigenvalue weighted by atomic mass is 32.1. The highest BCUT2D eigenvalue weighted by molar-refractivity contribution is 7.33. The second kappa shape index (κ2) is 8.81. The van der Waals surface area contributed by atoms with Crippen LogP contribution < -0.4 is 4.50 Å². The molecule has 0 unspecified atom stereocenters. The topological polar surface area (TPSA) is 12.9 Å². The molecule has 1 nitrogen and oxygen atoms in total. The Kier molecular flexibility index (Phi) is 6.62. The van der Waals surface area contributed by atoms with Gasteiger partial charge in [0.15, 0.2) is 0 Å². The number of pyridine rings is 1. The highest BCUT2D eigenvalue weighted by Gasteiger charge is 2.62. The third-order valence-corrected chi connectivity index (χ3v) is 18.5. The number of aromatic nitrogens is 1. The molecule has 2 aromatic heterocycles. The second-order valence-corrected chi connectivity index (χ2v) is 21.9. The molecule has 0 aliphatic carbocycles. The van der Waals surface area contributed by atoms with Crippen LogP contribution in [-0.4, -0.2) is 13.1 Å². The Labute approximate surface area is 224 Å². The molecule has 3 heteroatoms. The van der Waals surface area contributed by atoms with Crippen LogP contribution in [0.2, 0.25) is 15.1 Å². The fourth-order valence-electron chi connectivity index (χ4n) is 8.06. The Morgan fingerprint density at radius 3 is 1.92 bits per heavy atom. The Morgan fingerprint density at radius 2 is 1.36 bits per heavy atom. The molecule has 2 heterocycles. The Morgan fingerprint density at radius 1 is 0.778 bits per heavy atom. The lowest BCUT2D eigenvalue weighted by molar-refractivity contribution is 0.548. The van der Waals surface area contributed by atoms with Crippen molar-refractivity contribution in [3.63, 3.8) is 0 Å². The molecule has 0 saturated carbocycles. The molecule has 4 rings (SSSR count). The van der Waals surface area contributed by atoms with E-state index in [1.807, 2.05) is 6.20 Å². The number of benzene rings is 2. The van der Waals surface area contributed by atoms with E-state index in [0.29, 0.717) is 5.92 Å². The van der Waals surface area contributed by atoms with E-state index in [1.54, 1.807) is 4.50 Å². The molecule has 4 aromatic rings. The van der Waals surface area contributed by atoms with Gasteiger partial charge in [0, 0.05) is 11.8 Å². The van der Waals surface area contributed by atoms with Gasteiger partial charge in [-0.25, -0.2) is 0 Å². The van der Waals surface area contributed by atoms with Crippen LogP contribution in [0, 0.1) is 6.92 Å². The van der Waals surface area contributed by atoms with E-state index in [9.17, 15) is 0 Å². The number of nitrogens with zero attached hydrogens (tertiary/aromatic N) is 1. The molecule has 0 aliphatic rings. The zero-order valence-corrected chi connectivity index (χ0v) is 26.4. The average Bonchev–Trinajstić information content (AvgIpc) is 3.06. The van der Waals surface area contributed by atoms with Gasteiger partial charge in [0.1, 0.15) is 8.07 Å². The maximum Gasteiger partial charge on any atom is 0.116 e. The molecule has 0 saturated heterocycles. The van der Waals surface area contributed by atoms with Gasteiger partial charge >= 0.3 is 0 Å². The first-order valence-corrected chi connectivity index (χ1v) is 16.3. The van der Waals surface area contributed by atoms with Crippen LogP contribution in [0.5, 0.6) is 0 Å². The summed E-state index contributed by atoms with van der Waals surface area (Å²) in [6.07, 6.45) is 2.03. The van der Waals surface area contributed by atoms with Crippen LogP contribution in [-0.2, 0) is 0 Å². The van der Waals surface area contributed by atoms with Gasteiger partial charge in [0.2, 0.25) is 0 Å². The molecule has 0 amide bonds. The molecule has 0 fully saturated rings. The van der Waals surface area contributed by atoms with Crippen LogP contribution in [0.4, 0.5) is 0 Å². The number of aryl methyl sites for hydroxylation is 1. The summed E-state index contributed by atoms with van der Waals surface area (Å²) in [6, 6.07) is 15.8. The number of hydrogen-bond donors (Lipinski definition) is 0. The molecule has 2 aromatic carbocycles. The Balaban J connectivity index is 2.10. The van der Waals surface area contributed by atoms with Crippen molar-refractivity contribution < 1.29 is 0 Å². The van der Waals surface area contributed by atoms with E-state index in [4.69, 9.17) is 4.98 Å². The fraction of sp³-hybridized carbons (Fsp3) is 0.485. The summed E-state index contributed by atoms with van der Waals surface area (Å²) in [7, 11) is -2.11. The van der Waals surface area contributed by atoms with Crippen molar-refractivity contribution in [3.8, 4) is 11.3 Å². The van der Waals surface area contributed by atoms with E-state index in [2.05, 4.69) is 137 Å². The summed E-state index contributed by atoms with van der Waals surface area (Å²) >= 11 is 2.05.